The largest absolute Gasteiger partial charge is 0.348 e. The average molecular weight is 896 g/mol. The van der Waals surface area contributed by atoms with Crippen molar-refractivity contribution in [3.05, 3.63) is 190 Å². The van der Waals surface area contributed by atoms with Gasteiger partial charge in [-0.05, 0) is 70.8 Å². The average Bonchev–Trinajstić information content (AvgIpc) is 4.02. The summed E-state index contributed by atoms with van der Waals surface area (Å²) in [4.78, 5) is 31.7. The molecule has 4 unspecified atom stereocenters. The number of aromatic nitrogens is 2. The number of halogens is 2. The van der Waals surface area contributed by atoms with Crippen molar-refractivity contribution in [2.24, 2.45) is 0 Å². The van der Waals surface area contributed by atoms with E-state index >= 15 is 4.79 Å². The van der Waals surface area contributed by atoms with Gasteiger partial charge in [0.15, 0.2) is 5.78 Å². The third-order valence-corrected chi connectivity index (χ3v) is 14.8. The molecule has 4 aliphatic rings. The Balaban J connectivity index is 0.986. The van der Waals surface area contributed by atoms with Crippen molar-refractivity contribution < 1.29 is 4.79 Å². The molecule has 4 atom stereocenters. The molecular weight excluding hydrogens is 836 g/mol. The number of ketones is 1. The van der Waals surface area contributed by atoms with Crippen molar-refractivity contribution in [1.82, 2.24) is 38.5 Å². The zero-order valence-corrected chi connectivity index (χ0v) is 38.2. The van der Waals surface area contributed by atoms with Gasteiger partial charge in [-0.25, -0.2) is 0 Å². The number of carbonyl (C=O) groups is 1. The van der Waals surface area contributed by atoms with Gasteiger partial charge in [0, 0.05) is 139 Å². The predicted octanol–water partition coefficient (Wildman–Crippen LogP) is 8.05. The van der Waals surface area contributed by atoms with Crippen LogP contribution in [0, 0.1) is 0 Å². The Morgan fingerprint density at radius 3 is 1.23 bits per heavy atom. The highest BCUT2D eigenvalue weighted by atomic mass is 35.5. The molecule has 2 aromatic heterocycles. The molecular formula is C53H60Cl2N8O. The van der Waals surface area contributed by atoms with Gasteiger partial charge in [0.2, 0.25) is 0 Å². The molecule has 0 spiro atoms. The molecule has 0 bridgehead atoms. The van der Waals surface area contributed by atoms with Crippen molar-refractivity contribution in [3.63, 3.8) is 0 Å². The molecule has 0 saturated carbocycles. The first-order valence-electron chi connectivity index (χ1n) is 23.3. The second-order valence-electron chi connectivity index (χ2n) is 18.2. The Bertz CT molecular complexity index is 2250. The van der Waals surface area contributed by atoms with Gasteiger partial charge < -0.3 is 9.13 Å². The highest BCUT2D eigenvalue weighted by molar-refractivity contribution is 6.30. The number of rotatable bonds is 14. The zero-order valence-electron chi connectivity index (χ0n) is 36.7. The van der Waals surface area contributed by atoms with Gasteiger partial charge in [0.25, 0.3) is 0 Å². The van der Waals surface area contributed by atoms with Crippen LogP contribution in [0.5, 0.6) is 0 Å². The molecule has 0 N–H and O–H groups in total. The topological polar surface area (TPSA) is 46.4 Å². The summed E-state index contributed by atoms with van der Waals surface area (Å²) >= 11 is 13.0. The maximum atomic E-state index is 16.3. The second-order valence-corrected chi connectivity index (χ2v) is 19.1. The number of benzene rings is 4. The van der Waals surface area contributed by atoms with Crippen LogP contribution in [-0.4, -0.2) is 135 Å². The minimum absolute atomic E-state index is 0.0137. The SMILES string of the molecule is O=C(C(CN1CCn2cccc2C1c1ccc(Cl)cc1)N1CCN(Cc2ccccc2)CC1)C(CN1CCn2cccc2C1c1ccc(Cl)cc1)N1CCN(Cc2ccccc2)CC1. The van der Waals surface area contributed by atoms with Crippen molar-refractivity contribution in [3.8, 4) is 0 Å². The van der Waals surface area contributed by atoms with Gasteiger partial charge in [-0.1, -0.05) is 108 Å². The number of fused-ring (bicyclic) bond motifs is 2. The van der Waals surface area contributed by atoms with E-state index in [9.17, 15) is 0 Å². The minimum Gasteiger partial charge on any atom is -0.348 e. The Morgan fingerprint density at radius 1 is 0.453 bits per heavy atom. The summed E-state index contributed by atoms with van der Waals surface area (Å²) in [5.74, 6) is 0.347. The van der Waals surface area contributed by atoms with E-state index in [4.69, 9.17) is 23.2 Å². The Labute approximate surface area is 389 Å². The number of piperazine rings is 2. The summed E-state index contributed by atoms with van der Waals surface area (Å²) in [6, 6.07) is 46.6. The van der Waals surface area contributed by atoms with Crippen LogP contribution in [0.3, 0.4) is 0 Å². The van der Waals surface area contributed by atoms with Crippen LogP contribution in [-0.2, 0) is 31.0 Å². The second kappa shape index (κ2) is 19.9. The fraction of sp³-hybridized carbons (Fsp3) is 0.377. The van der Waals surface area contributed by atoms with Crippen LogP contribution in [0.25, 0.3) is 0 Å². The van der Waals surface area contributed by atoms with E-state index in [1.165, 1.54) is 33.6 Å². The maximum absolute atomic E-state index is 16.3. The summed E-state index contributed by atoms with van der Waals surface area (Å²) in [6.45, 7) is 13.7. The molecule has 6 aromatic rings. The predicted molar refractivity (Wildman–Crippen MR) is 258 cm³/mol. The number of nitrogens with zero attached hydrogens (tertiary/aromatic N) is 8. The van der Waals surface area contributed by atoms with E-state index in [0.29, 0.717) is 18.9 Å². The number of carbonyl (C=O) groups excluding carboxylic acids is 1. The lowest BCUT2D eigenvalue weighted by molar-refractivity contribution is -0.133. The lowest BCUT2D eigenvalue weighted by atomic mass is 9.94. The Morgan fingerprint density at radius 2 is 0.844 bits per heavy atom. The lowest BCUT2D eigenvalue weighted by Crippen LogP contribution is -2.63. The first kappa shape index (κ1) is 43.3. The smallest absolute Gasteiger partial charge is 0.169 e. The van der Waals surface area contributed by atoms with Crippen LogP contribution in [0.1, 0.15) is 45.7 Å². The molecule has 4 aromatic carbocycles. The fourth-order valence-electron chi connectivity index (χ4n) is 10.9. The third-order valence-electron chi connectivity index (χ3n) is 14.3. The van der Waals surface area contributed by atoms with E-state index in [2.05, 4.69) is 160 Å². The first-order chi connectivity index (χ1) is 31.4. The molecule has 0 radical (unpaired) electrons. The van der Waals surface area contributed by atoms with E-state index in [-0.39, 0.29) is 24.2 Å². The molecule has 11 heteroatoms. The molecule has 0 amide bonds. The van der Waals surface area contributed by atoms with Crippen molar-refractivity contribution in [2.45, 2.75) is 50.3 Å². The van der Waals surface area contributed by atoms with Crippen LogP contribution >= 0.6 is 23.2 Å². The van der Waals surface area contributed by atoms with Gasteiger partial charge in [-0.2, -0.15) is 0 Å². The Kier molecular flexibility index (Phi) is 13.5. The fourth-order valence-corrected chi connectivity index (χ4v) is 11.1. The molecule has 2 saturated heterocycles. The standard InChI is InChI=1S/C53H60Cl2N8O/c54-45-19-15-43(16-20-45)51-47-13-7-23-58(47)33-35-62(51)39-49(60-29-25-56(26-30-60)37-41-9-3-1-4-10-41)53(64)50(61-31-27-57(28-32-61)38-42-11-5-2-6-12-42)40-63-36-34-59-24-8-14-48(59)52(63)44-17-21-46(55)22-18-44/h1-24,49-52H,25-40H2. The van der Waals surface area contributed by atoms with Crippen LogP contribution in [0.4, 0.5) is 0 Å². The number of hydrogen-bond donors (Lipinski definition) is 0. The quantitative estimate of drug-likeness (QED) is 0.110. The van der Waals surface area contributed by atoms with Gasteiger partial charge >= 0.3 is 0 Å². The molecule has 2 fully saturated rings. The van der Waals surface area contributed by atoms with Crippen molar-refractivity contribution in [2.75, 3.05) is 78.5 Å². The molecule has 64 heavy (non-hydrogen) atoms. The van der Waals surface area contributed by atoms with Crippen LogP contribution in [0.15, 0.2) is 146 Å². The van der Waals surface area contributed by atoms with E-state index in [1.54, 1.807) is 0 Å². The normalized spacial score (nSPS) is 21.6. The van der Waals surface area contributed by atoms with Crippen molar-refractivity contribution in [1.29, 1.82) is 0 Å². The molecule has 4 aliphatic heterocycles. The molecule has 6 heterocycles. The summed E-state index contributed by atoms with van der Waals surface area (Å²) < 4.78 is 4.77. The third kappa shape index (κ3) is 9.69. The van der Waals surface area contributed by atoms with Gasteiger partial charge in [0.1, 0.15) is 0 Å². The van der Waals surface area contributed by atoms with Gasteiger partial charge in [-0.3, -0.25) is 34.2 Å². The van der Waals surface area contributed by atoms with Crippen molar-refractivity contribution >= 4 is 29.0 Å². The lowest BCUT2D eigenvalue weighted by Gasteiger charge is -2.47. The zero-order chi connectivity index (χ0) is 43.4. The first-order valence-corrected chi connectivity index (χ1v) is 24.0. The maximum Gasteiger partial charge on any atom is 0.169 e. The van der Waals surface area contributed by atoms with E-state index < -0.39 is 0 Å². The minimum atomic E-state index is -0.287. The molecule has 332 valence electrons. The summed E-state index contributed by atoms with van der Waals surface area (Å²) in [5, 5.41) is 1.47. The van der Waals surface area contributed by atoms with Gasteiger partial charge in [-0.15, -0.1) is 0 Å². The van der Waals surface area contributed by atoms with E-state index in [1.807, 2.05) is 24.3 Å². The summed E-state index contributed by atoms with van der Waals surface area (Å²) in [5.41, 5.74) is 7.61. The molecule has 10 rings (SSSR count). The monoisotopic (exact) mass is 894 g/mol. The van der Waals surface area contributed by atoms with Crippen LogP contribution in [0.2, 0.25) is 10.0 Å². The van der Waals surface area contributed by atoms with E-state index in [0.717, 1.165) is 102 Å². The number of hydrogen-bond acceptors (Lipinski definition) is 7. The van der Waals surface area contributed by atoms with Crippen LogP contribution < -0.4 is 0 Å². The highest BCUT2D eigenvalue weighted by Gasteiger charge is 2.42. The van der Waals surface area contributed by atoms with Gasteiger partial charge in [0.05, 0.1) is 24.2 Å². The molecule has 0 aliphatic carbocycles. The summed E-state index contributed by atoms with van der Waals surface area (Å²) in [6.07, 6.45) is 4.40. The Hall–Kier alpha value is -4.55. The highest BCUT2D eigenvalue weighted by Crippen LogP contribution is 2.36. The summed E-state index contributed by atoms with van der Waals surface area (Å²) in [7, 11) is 0. The number of Topliss-reactive ketones (excluding diaryl/α,β-unsaturated/α-hetero) is 1. The molecule has 9 nitrogen and oxygen atoms in total.